The molecule has 1 aliphatic heterocycles. The van der Waals surface area contributed by atoms with Crippen molar-refractivity contribution in [3.8, 4) is 5.88 Å². The summed E-state index contributed by atoms with van der Waals surface area (Å²) in [5.74, 6) is 0.465. The van der Waals surface area contributed by atoms with E-state index in [0.29, 0.717) is 13.2 Å². The Kier molecular flexibility index (Phi) is 5.89. The fourth-order valence-corrected chi connectivity index (χ4v) is 6.18. The van der Waals surface area contributed by atoms with Gasteiger partial charge in [0.25, 0.3) is 0 Å². The van der Waals surface area contributed by atoms with Crippen LogP contribution >= 0.6 is 0 Å². The molecule has 33 heavy (non-hydrogen) atoms. The molecule has 2 amide bonds. The standard InChI is InChI=1S/C22H29N5O5S/c1-30-11-15-7-6-14-8-13-4-3-5-17(13)20(19(14)15)25-22(28)26-33(23,29)18-9-24-27-10-16(31-2)12-32-21(18)27/h8-9,15-16H,3-7,10-12H2,1-2H3,(H3,23,25,26,28,29)/t15?,16-,33?/m0/s1. The molecular weight excluding hydrogens is 446 g/mol. The number of rotatable bonds is 5. The first-order valence-electron chi connectivity index (χ1n) is 11.1. The molecule has 3 aliphatic rings. The summed E-state index contributed by atoms with van der Waals surface area (Å²) in [6.07, 6.45) is 6.04. The minimum absolute atomic E-state index is 0.105. The fourth-order valence-electron chi connectivity index (χ4n) is 5.18. The molecule has 0 radical (unpaired) electrons. The zero-order chi connectivity index (χ0) is 23.2. The van der Waals surface area contributed by atoms with Crippen molar-refractivity contribution in [1.82, 2.24) is 9.78 Å². The van der Waals surface area contributed by atoms with E-state index in [1.54, 1.807) is 14.2 Å². The van der Waals surface area contributed by atoms with Crippen molar-refractivity contribution in [2.75, 3.05) is 32.8 Å². The van der Waals surface area contributed by atoms with Gasteiger partial charge >= 0.3 is 6.03 Å². The molecule has 2 aliphatic carbocycles. The number of nitrogens with one attached hydrogen (secondary N) is 1. The summed E-state index contributed by atoms with van der Waals surface area (Å²) < 4.78 is 35.0. The summed E-state index contributed by atoms with van der Waals surface area (Å²) in [6.45, 7) is 1.30. The van der Waals surface area contributed by atoms with Gasteiger partial charge in [-0.3, -0.25) is 0 Å². The number of urea groups is 1. The first kappa shape index (κ1) is 22.3. The second-order valence-corrected chi connectivity index (χ2v) is 10.5. The number of aromatic nitrogens is 2. The number of fused-ring (bicyclic) bond motifs is 3. The van der Waals surface area contributed by atoms with Crippen LogP contribution in [-0.4, -0.2) is 53.6 Å². The quantitative estimate of drug-likeness (QED) is 0.683. The topological polar surface area (TPSA) is 130 Å². The van der Waals surface area contributed by atoms with Crippen molar-refractivity contribution in [3.05, 3.63) is 34.5 Å². The molecule has 5 rings (SSSR count). The minimum atomic E-state index is -3.56. The van der Waals surface area contributed by atoms with Gasteiger partial charge in [-0.25, -0.2) is 18.8 Å². The summed E-state index contributed by atoms with van der Waals surface area (Å²) in [5, 5.41) is 13.2. The van der Waals surface area contributed by atoms with Crippen LogP contribution in [0.15, 0.2) is 21.5 Å². The monoisotopic (exact) mass is 475 g/mol. The third kappa shape index (κ3) is 4.03. The molecule has 2 unspecified atom stereocenters. The lowest BCUT2D eigenvalue weighted by Gasteiger charge is -2.23. The van der Waals surface area contributed by atoms with Gasteiger partial charge in [0, 0.05) is 25.8 Å². The number of aryl methyl sites for hydroxylation is 2. The first-order chi connectivity index (χ1) is 15.9. The highest BCUT2D eigenvalue weighted by Gasteiger charge is 2.32. The van der Waals surface area contributed by atoms with E-state index in [4.69, 9.17) is 19.3 Å². The minimum Gasteiger partial charge on any atom is -0.474 e. The number of nitrogens with zero attached hydrogens (tertiary/aromatic N) is 3. The molecular formula is C22H29N5O5S. The Morgan fingerprint density at radius 3 is 3.00 bits per heavy atom. The number of anilines is 1. The second-order valence-electron chi connectivity index (χ2n) is 8.76. The Morgan fingerprint density at radius 2 is 2.21 bits per heavy atom. The number of methoxy groups -OCH3 is 2. The molecule has 11 heteroatoms. The number of amides is 2. The summed E-state index contributed by atoms with van der Waals surface area (Å²) >= 11 is 0. The summed E-state index contributed by atoms with van der Waals surface area (Å²) in [6, 6.07) is 1.54. The molecule has 178 valence electrons. The molecule has 0 bridgehead atoms. The Morgan fingerprint density at radius 1 is 1.36 bits per heavy atom. The fraction of sp³-hybridized carbons (Fsp3) is 0.545. The highest BCUT2D eigenvalue weighted by atomic mass is 32.2. The van der Waals surface area contributed by atoms with Gasteiger partial charge in [0.15, 0.2) is 9.92 Å². The van der Waals surface area contributed by atoms with E-state index in [1.807, 2.05) is 0 Å². The van der Waals surface area contributed by atoms with Crippen molar-refractivity contribution in [3.63, 3.8) is 0 Å². The van der Waals surface area contributed by atoms with Crippen LogP contribution in [0, 0.1) is 0 Å². The van der Waals surface area contributed by atoms with Crippen molar-refractivity contribution in [2.24, 2.45) is 9.50 Å². The maximum Gasteiger partial charge on any atom is 0.354 e. The molecule has 1 aromatic heterocycles. The molecule has 2 aromatic rings. The van der Waals surface area contributed by atoms with Gasteiger partial charge in [0.05, 0.1) is 19.3 Å². The molecule has 1 aromatic carbocycles. The van der Waals surface area contributed by atoms with E-state index in [0.717, 1.165) is 48.9 Å². The second kappa shape index (κ2) is 8.71. The third-order valence-corrected chi connectivity index (χ3v) is 8.05. The lowest BCUT2D eigenvalue weighted by Crippen LogP contribution is -2.32. The summed E-state index contributed by atoms with van der Waals surface area (Å²) in [7, 11) is -0.291. The lowest BCUT2D eigenvalue weighted by molar-refractivity contribution is 0.0165. The molecule has 0 fully saturated rings. The molecule has 2 heterocycles. The molecule has 10 nitrogen and oxygen atoms in total. The van der Waals surface area contributed by atoms with Crippen molar-refractivity contribution in [2.45, 2.75) is 55.6 Å². The average Bonchev–Trinajstić information content (AvgIpc) is 3.51. The van der Waals surface area contributed by atoms with Crippen LogP contribution in [-0.2, 0) is 45.2 Å². The number of hydrogen-bond acceptors (Lipinski definition) is 6. The zero-order valence-corrected chi connectivity index (χ0v) is 19.7. The Bertz CT molecular complexity index is 1220. The third-order valence-electron chi connectivity index (χ3n) is 6.71. The maximum atomic E-state index is 13.3. The number of ether oxygens (including phenoxy) is 3. The van der Waals surface area contributed by atoms with Gasteiger partial charge in [-0.05, 0) is 54.4 Å². The summed E-state index contributed by atoms with van der Waals surface area (Å²) in [5.41, 5.74) is 5.55. The number of carbonyl (C=O) groups is 1. The number of hydrogen-bond donors (Lipinski definition) is 2. The average molecular weight is 476 g/mol. The number of carbonyl (C=O) groups excluding carboxylic acids is 1. The Labute approximate surface area is 193 Å². The summed E-state index contributed by atoms with van der Waals surface area (Å²) in [4.78, 5) is 13.1. The van der Waals surface area contributed by atoms with Crippen LogP contribution in [0.1, 0.15) is 41.0 Å². The van der Waals surface area contributed by atoms with Crippen LogP contribution in [0.3, 0.4) is 0 Å². The van der Waals surface area contributed by atoms with Crippen LogP contribution in [0.5, 0.6) is 5.88 Å². The van der Waals surface area contributed by atoms with Gasteiger partial charge in [0.2, 0.25) is 5.88 Å². The van der Waals surface area contributed by atoms with E-state index in [-0.39, 0.29) is 29.4 Å². The van der Waals surface area contributed by atoms with Gasteiger partial charge < -0.3 is 19.5 Å². The largest absolute Gasteiger partial charge is 0.474 e. The Balaban J connectivity index is 1.47. The first-order valence-corrected chi connectivity index (χ1v) is 12.7. The van der Waals surface area contributed by atoms with E-state index in [2.05, 4.69) is 20.8 Å². The van der Waals surface area contributed by atoms with Crippen molar-refractivity contribution in [1.29, 1.82) is 0 Å². The Hall–Kier alpha value is -2.47. The van der Waals surface area contributed by atoms with Crippen LogP contribution < -0.4 is 15.2 Å². The van der Waals surface area contributed by atoms with Gasteiger partial charge in [-0.1, -0.05) is 6.07 Å². The molecule has 0 saturated carbocycles. The van der Waals surface area contributed by atoms with Crippen LogP contribution in [0.4, 0.5) is 10.5 Å². The van der Waals surface area contributed by atoms with Crippen LogP contribution in [0.2, 0.25) is 0 Å². The predicted molar refractivity (Wildman–Crippen MR) is 122 cm³/mol. The maximum absolute atomic E-state index is 13.3. The number of benzene rings is 1. The zero-order valence-electron chi connectivity index (χ0n) is 18.8. The molecule has 3 atom stereocenters. The highest BCUT2D eigenvalue weighted by molar-refractivity contribution is 7.91. The van der Waals surface area contributed by atoms with E-state index < -0.39 is 15.9 Å². The molecule has 3 N–H and O–H groups in total. The number of nitrogens with two attached hydrogens (primary N) is 1. The smallest absolute Gasteiger partial charge is 0.354 e. The van der Waals surface area contributed by atoms with Crippen LogP contribution in [0.25, 0.3) is 0 Å². The predicted octanol–water partition coefficient (Wildman–Crippen LogP) is 2.39. The van der Waals surface area contributed by atoms with E-state index in [9.17, 15) is 9.00 Å². The molecule has 0 saturated heterocycles. The molecule has 0 spiro atoms. The van der Waals surface area contributed by atoms with Gasteiger partial charge in [0.1, 0.15) is 17.6 Å². The highest BCUT2D eigenvalue weighted by Crippen LogP contribution is 2.44. The lowest BCUT2D eigenvalue weighted by atomic mass is 9.94. The van der Waals surface area contributed by atoms with E-state index >= 15 is 0 Å². The SMILES string of the molecule is COCC1CCc2cc3c(c(NC(=O)N=S(N)(=O)c4cnn5c4OC[C@@H](OC)C5)c21)CCC3. The van der Waals surface area contributed by atoms with Gasteiger partial charge in [-0.15, -0.1) is 4.36 Å². The van der Waals surface area contributed by atoms with Gasteiger partial charge in [-0.2, -0.15) is 5.10 Å². The van der Waals surface area contributed by atoms with Crippen molar-refractivity contribution < 1.29 is 23.2 Å². The van der Waals surface area contributed by atoms with E-state index in [1.165, 1.54) is 22.0 Å². The van der Waals surface area contributed by atoms with Crippen molar-refractivity contribution >= 4 is 21.6 Å². The normalized spacial score (nSPS) is 22.6.